The minimum Gasteiger partial charge on any atom is -0.339 e. The summed E-state index contributed by atoms with van der Waals surface area (Å²) in [5, 5.41) is 0.648. The number of ketones is 2. The van der Waals surface area contributed by atoms with Crippen LogP contribution < -0.4 is 4.31 Å². The lowest BCUT2D eigenvalue weighted by Crippen LogP contribution is -2.30. The average molecular weight is 509 g/mol. The molecule has 6 nitrogen and oxygen atoms in total. The Morgan fingerprint density at radius 3 is 1.95 bits per heavy atom. The third-order valence-corrected chi connectivity index (χ3v) is 7.29. The van der Waals surface area contributed by atoms with Crippen LogP contribution in [0.15, 0.2) is 109 Å². The van der Waals surface area contributed by atoms with Crippen molar-refractivity contribution < 1.29 is 18.0 Å². The molecule has 7 heteroatoms. The number of para-hydroxylation sites is 1. The fourth-order valence-electron chi connectivity index (χ4n) is 4.43. The van der Waals surface area contributed by atoms with Gasteiger partial charge in [-0.05, 0) is 17.2 Å². The molecule has 0 saturated heterocycles. The summed E-state index contributed by atoms with van der Waals surface area (Å²) in [5.74, 6) is -0.965. The van der Waals surface area contributed by atoms with E-state index < -0.39 is 21.6 Å². The molecule has 0 radical (unpaired) electrons. The molecule has 0 fully saturated rings. The van der Waals surface area contributed by atoms with Crippen molar-refractivity contribution in [2.45, 2.75) is 6.54 Å². The number of rotatable bonds is 8. The number of carbonyl (C=O) groups excluding carboxylic acids is 2. The lowest BCUT2D eigenvalue weighted by atomic mass is 9.97. The Bertz CT molecular complexity index is 1690. The van der Waals surface area contributed by atoms with Crippen molar-refractivity contribution in [3.05, 3.63) is 126 Å². The average Bonchev–Trinajstić information content (AvgIpc) is 3.31. The van der Waals surface area contributed by atoms with Crippen LogP contribution in [0.3, 0.4) is 0 Å². The van der Waals surface area contributed by atoms with E-state index in [-0.39, 0.29) is 12.1 Å². The standard InChI is InChI=1S/C30H24N2O4S/c1-37(35,36)32(20-21-12-5-2-6-13-21)30-26(22-14-7-3-8-15-22)24-18-11-19-25(27(24)31-30)29(34)28(33)23-16-9-4-10-17-23/h2-19,31H,20H2,1H3. The van der Waals surface area contributed by atoms with Crippen LogP contribution in [-0.2, 0) is 16.6 Å². The lowest BCUT2D eigenvalue weighted by molar-refractivity contribution is 0.0818. The van der Waals surface area contributed by atoms with Crippen molar-refractivity contribution in [2.75, 3.05) is 10.6 Å². The second kappa shape index (κ2) is 9.87. The minimum atomic E-state index is -3.74. The van der Waals surface area contributed by atoms with Crippen LogP contribution in [0.25, 0.3) is 22.0 Å². The molecule has 4 aromatic carbocycles. The fraction of sp³-hybridized carbons (Fsp3) is 0.0667. The Kier molecular flexibility index (Phi) is 6.46. The number of nitrogens with one attached hydrogen (secondary N) is 1. The molecule has 0 aliphatic heterocycles. The van der Waals surface area contributed by atoms with Crippen LogP contribution >= 0.6 is 0 Å². The first-order chi connectivity index (χ1) is 17.8. The molecule has 0 aliphatic carbocycles. The third-order valence-electron chi connectivity index (χ3n) is 6.18. The van der Waals surface area contributed by atoms with Crippen molar-refractivity contribution in [1.29, 1.82) is 0 Å². The Morgan fingerprint density at radius 1 is 0.730 bits per heavy atom. The summed E-state index contributed by atoms with van der Waals surface area (Å²) >= 11 is 0. The molecule has 5 rings (SSSR count). The zero-order valence-corrected chi connectivity index (χ0v) is 20.9. The summed E-state index contributed by atoms with van der Waals surface area (Å²) in [4.78, 5) is 29.6. The number of carbonyl (C=O) groups is 2. The molecule has 5 aromatic rings. The number of hydrogen-bond donors (Lipinski definition) is 1. The van der Waals surface area contributed by atoms with Gasteiger partial charge in [-0.3, -0.25) is 13.9 Å². The molecular formula is C30H24N2O4S. The Morgan fingerprint density at radius 2 is 1.32 bits per heavy atom. The number of H-pyrrole nitrogens is 1. The second-order valence-corrected chi connectivity index (χ2v) is 10.6. The molecule has 184 valence electrons. The Hall–Kier alpha value is -4.49. The van der Waals surface area contributed by atoms with Gasteiger partial charge in [-0.2, -0.15) is 0 Å². The van der Waals surface area contributed by atoms with E-state index >= 15 is 0 Å². The zero-order chi connectivity index (χ0) is 26.0. The van der Waals surface area contributed by atoms with Gasteiger partial charge in [0.1, 0.15) is 5.82 Å². The molecule has 0 amide bonds. The highest BCUT2D eigenvalue weighted by Crippen LogP contribution is 2.40. The van der Waals surface area contributed by atoms with E-state index in [2.05, 4.69) is 4.98 Å². The van der Waals surface area contributed by atoms with Crippen LogP contribution in [-0.4, -0.2) is 31.2 Å². The van der Waals surface area contributed by atoms with Crippen molar-refractivity contribution in [3.8, 4) is 11.1 Å². The van der Waals surface area contributed by atoms with E-state index in [0.717, 1.165) is 17.4 Å². The number of nitrogens with zero attached hydrogens (tertiary/aromatic N) is 1. The zero-order valence-electron chi connectivity index (χ0n) is 20.1. The van der Waals surface area contributed by atoms with Gasteiger partial charge in [0.2, 0.25) is 21.6 Å². The molecule has 0 aliphatic rings. The monoisotopic (exact) mass is 508 g/mol. The SMILES string of the molecule is CS(=O)(=O)N(Cc1ccccc1)c1[nH]c2c(C(=O)C(=O)c3ccccc3)cccc2c1-c1ccccc1. The predicted octanol–water partition coefficient (Wildman–Crippen LogP) is 5.87. The first-order valence-corrected chi connectivity index (χ1v) is 13.6. The number of sulfonamides is 1. The van der Waals surface area contributed by atoms with E-state index in [4.69, 9.17) is 0 Å². The van der Waals surface area contributed by atoms with Gasteiger partial charge in [0, 0.05) is 16.5 Å². The summed E-state index contributed by atoms with van der Waals surface area (Å²) in [7, 11) is -3.74. The molecular weight excluding hydrogens is 484 g/mol. The Labute approximate surface area is 215 Å². The minimum absolute atomic E-state index is 0.0958. The molecule has 0 bridgehead atoms. The molecule has 1 aromatic heterocycles. The number of Topliss-reactive ketones (excluding diaryl/α,β-unsaturated/α-hetero) is 2. The number of aromatic amines is 1. The van der Waals surface area contributed by atoms with E-state index in [1.807, 2.05) is 66.7 Å². The first-order valence-electron chi connectivity index (χ1n) is 11.7. The largest absolute Gasteiger partial charge is 0.339 e. The highest BCUT2D eigenvalue weighted by Gasteiger charge is 2.28. The quantitative estimate of drug-likeness (QED) is 0.210. The molecule has 1 N–H and O–H groups in total. The van der Waals surface area contributed by atoms with Gasteiger partial charge in [0.25, 0.3) is 0 Å². The molecule has 0 spiro atoms. The molecule has 37 heavy (non-hydrogen) atoms. The Balaban J connectivity index is 1.73. The summed E-state index contributed by atoms with van der Waals surface area (Å²) in [6, 6.07) is 32.2. The molecule has 0 unspecified atom stereocenters. The first kappa shape index (κ1) is 24.2. The summed E-state index contributed by atoms with van der Waals surface area (Å²) in [6.45, 7) is 0.0958. The number of aromatic nitrogens is 1. The molecule has 1 heterocycles. The highest BCUT2D eigenvalue weighted by atomic mass is 32.2. The van der Waals surface area contributed by atoms with Gasteiger partial charge >= 0.3 is 0 Å². The maximum atomic E-state index is 13.4. The summed E-state index contributed by atoms with van der Waals surface area (Å²) in [5.41, 5.74) is 3.11. The van der Waals surface area contributed by atoms with Crippen LogP contribution in [0, 0.1) is 0 Å². The van der Waals surface area contributed by atoms with Crippen LogP contribution in [0.1, 0.15) is 26.3 Å². The van der Waals surface area contributed by atoms with Crippen molar-refractivity contribution in [3.63, 3.8) is 0 Å². The van der Waals surface area contributed by atoms with Crippen molar-refractivity contribution >= 4 is 38.3 Å². The third kappa shape index (κ3) is 4.81. The van der Waals surface area contributed by atoms with E-state index in [0.29, 0.717) is 27.8 Å². The molecule has 0 saturated carbocycles. The number of fused-ring (bicyclic) bond motifs is 1. The van der Waals surface area contributed by atoms with Crippen molar-refractivity contribution in [1.82, 2.24) is 4.98 Å². The number of anilines is 1. The number of benzene rings is 4. The fourth-order valence-corrected chi connectivity index (χ4v) is 5.28. The van der Waals surface area contributed by atoms with Crippen molar-refractivity contribution in [2.24, 2.45) is 0 Å². The van der Waals surface area contributed by atoms with Crippen LogP contribution in [0.4, 0.5) is 5.82 Å². The van der Waals surface area contributed by atoms with Gasteiger partial charge in [0.05, 0.1) is 23.9 Å². The maximum Gasteiger partial charge on any atom is 0.235 e. The van der Waals surface area contributed by atoms with Gasteiger partial charge in [-0.1, -0.05) is 103 Å². The van der Waals surface area contributed by atoms with Gasteiger partial charge in [-0.15, -0.1) is 0 Å². The van der Waals surface area contributed by atoms with E-state index in [1.54, 1.807) is 42.5 Å². The second-order valence-electron chi connectivity index (χ2n) is 8.72. The van der Waals surface area contributed by atoms with Gasteiger partial charge < -0.3 is 4.98 Å². The van der Waals surface area contributed by atoms with Crippen LogP contribution in [0.5, 0.6) is 0 Å². The molecule has 0 atom stereocenters. The number of hydrogen-bond acceptors (Lipinski definition) is 4. The summed E-state index contributed by atoms with van der Waals surface area (Å²) in [6.07, 6.45) is 1.15. The topological polar surface area (TPSA) is 87.3 Å². The maximum absolute atomic E-state index is 13.4. The lowest BCUT2D eigenvalue weighted by Gasteiger charge is -2.23. The van der Waals surface area contributed by atoms with Crippen LogP contribution in [0.2, 0.25) is 0 Å². The predicted molar refractivity (Wildman–Crippen MR) is 146 cm³/mol. The van der Waals surface area contributed by atoms with E-state index in [1.165, 1.54) is 4.31 Å². The smallest absolute Gasteiger partial charge is 0.235 e. The normalized spacial score (nSPS) is 11.4. The summed E-state index contributed by atoms with van der Waals surface area (Å²) < 4.78 is 27.5. The highest BCUT2D eigenvalue weighted by molar-refractivity contribution is 7.92. The van der Waals surface area contributed by atoms with Gasteiger partial charge in [-0.25, -0.2) is 8.42 Å². The van der Waals surface area contributed by atoms with Gasteiger partial charge in [0.15, 0.2) is 0 Å². The van der Waals surface area contributed by atoms with E-state index in [9.17, 15) is 18.0 Å².